The van der Waals surface area contributed by atoms with Gasteiger partial charge in [-0.05, 0) is 15.9 Å². The summed E-state index contributed by atoms with van der Waals surface area (Å²) in [7, 11) is 0. The van der Waals surface area contributed by atoms with Crippen LogP contribution in [0, 0.1) is 0 Å². The van der Waals surface area contributed by atoms with Crippen LogP contribution in [-0.2, 0) is 4.79 Å². The first-order valence-corrected chi connectivity index (χ1v) is 9.12. The predicted octanol–water partition coefficient (Wildman–Crippen LogP) is 2.92. The molecule has 0 aliphatic carbocycles. The standard InChI is InChI=1S/C21H15OP/c22-17-10-18-23(19-11-4-1-5-12-19,20-13-6-2-7-14-20)21-15-8-3-9-16-21/h1-9,11-16H. The minimum Gasteiger partial charge on any atom is -0.223 e. The maximum atomic E-state index is 10.9. The monoisotopic (exact) mass is 314 g/mol. The highest BCUT2D eigenvalue weighted by molar-refractivity contribution is 7.94. The van der Waals surface area contributed by atoms with E-state index in [1.54, 1.807) is 5.94 Å². The van der Waals surface area contributed by atoms with Crippen molar-refractivity contribution in [1.82, 2.24) is 0 Å². The highest BCUT2D eigenvalue weighted by Crippen LogP contribution is 2.42. The first-order valence-electron chi connectivity index (χ1n) is 7.33. The molecule has 23 heavy (non-hydrogen) atoms. The maximum Gasteiger partial charge on any atom is 0.185 e. The van der Waals surface area contributed by atoms with Crippen molar-refractivity contribution >= 4 is 34.2 Å². The lowest BCUT2D eigenvalue weighted by atomic mass is 10.4. The van der Waals surface area contributed by atoms with E-state index in [4.69, 9.17) is 0 Å². The highest BCUT2D eigenvalue weighted by atomic mass is 31.2. The van der Waals surface area contributed by atoms with E-state index in [1.165, 1.54) is 0 Å². The van der Waals surface area contributed by atoms with Crippen molar-refractivity contribution in [3.8, 4) is 0 Å². The largest absolute Gasteiger partial charge is 0.223 e. The first kappa shape index (κ1) is 15.1. The van der Waals surface area contributed by atoms with Gasteiger partial charge in [0.1, 0.15) is 0 Å². The third kappa shape index (κ3) is 2.92. The molecule has 3 rings (SSSR count). The molecular weight excluding hydrogens is 299 g/mol. The zero-order chi connectivity index (χ0) is 16.0. The summed E-state index contributed by atoms with van der Waals surface area (Å²) in [6, 6.07) is 30.6. The van der Waals surface area contributed by atoms with Crippen LogP contribution in [0.3, 0.4) is 0 Å². The van der Waals surface area contributed by atoms with Crippen LogP contribution in [0.4, 0.5) is 0 Å². The van der Waals surface area contributed by atoms with Crippen LogP contribution in [0.5, 0.6) is 0 Å². The van der Waals surface area contributed by atoms with Crippen molar-refractivity contribution in [1.29, 1.82) is 0 Å². The molecular formula is C21H15OP. The van der Waals surface area contributed by atoms with Crippen LogP contribution in [0.15, 0.2) is 96.7 Å². The lowest BCUT2D eigenvalue weighted by molar-refractivity contribution is 0.569. The summed E-state index contributed by atoms with van der Waals surface area (Å²) >= 11 is 0. The van der Waals surface area contributed by atoms with Gasteiger partial charge in [0.2, 0.25) is 0 Å². The van der Waals surface area contributed by atoms with Crippen LogP contribution < -0.4 is 15.9 Å². The molecule has 3 aromatic rings. The van der Waals surface area contributed by atoms with Crippen molar-refractivity contribution < 1.29 is 4.79 Å². The molecule has 0 unspecified atom stereocenters. The molecule has 0 saturated carbocycles. The van der Waals surface area contributed by atoms with Crippen LogP contribution in [0.25, 0.3) is 0 Å². The van der Waals surface area contributed by atoms with Gasteiger partial charge in [0.05, 0.1) is 0 Å². The Labute approximate surface area is 136 Å². The van der Waals surface area contributed by atoms with Gasteiger partial charge in [-0.3, -0.25) is 0 Å². The van der Waals surface area contributed by atoms with Crippen molar-refractivity contribution in [2.45, 2.75) is 0 Å². The van der Waals surface area contributed by atoms with E-state index in [0.717, 1.165) is 15.9 Å². The van der Waals surface area contributed by atoms with Gasteiger partial charge in [-0.1, -0.05) is 96.4 Å². The van der Waals surface area contributed by atoms with Crippen molar-refractivity contribution in [2.75, 3.05) is 0 Å². The van der Waals surface area contributed by atoms with E-state index in [2.05, 4.69) is 47.6 Å². The minimum absolute atomic E-state index is 1.14. The molecule has 0 saturated heterocycles. The number of hydrogen-bond acceptors (Lipinski definition) is 1. The molecule has 0 aliphatic rings. The summed E-state index contributed by atoms with van der Waals surface area (Å²) in [5, 5.41) is 3.42. The normalized spacial score (nSPS) is 10.3. The Hall–Kier alpha value is -2.77. The fourth-order valence-corrected chi connectivity index (χ4v) is 6.06. The molecule has 1 nitrogen and oxygen atoms in total. The molecule has 0 atom stereocenters. The number of carbonyl (C=O) groups excluding carboxylic acids is 1. The molecule has 0 N–H and O–H groups in total. The van der Waals surface area contributed by atoms with E-state index in [1.807, 2.05) is 54.6 Å². The molecule has 0 fully saturated rings. The lowest BCUT2D eigenvalue weighted by Gasteiger charge is -2.25. The predicted molar refractivity (Wildman–Crippen MR) is 99.4 cm³/mol. The molecule has 0 radical (unpaired) electrons. The summed E-state index contributed by atoms with van der Waals surface area (Å²) < 4.78 is 0. The molecule has 0 amide bonds. The molecule has 3 aromatic carbocycles. The zero-order valence-electron chi connectivity index (χ0n) is 12.5. The Bertz CT molecular complexity index is 823. The van der Waals surface area contributed by atoms with E-state index < -0.39 is 6.89 Å². The molecule has 0 spiro atoms. The average Bonchev–Trinajstić information content (AvgIpc) is 2.65. The van der Waals surface area contributed by atoms with Crippen LogP contribution in [0.2, 0.25) is 0 Å². The van der Waals surface area contributed by atoms with Crippen LogP contribution in [0.1, 0.15) is 0 Å². The number of rotatable bonds is 3. The quantitative estimate of drug-likeness (QED) is 0.413. The third-order valence-electron chi connectivity index (χ3n) is 3.71. The summed E-state index contributed by atoms with van der Waals surface area (Å²) in [6.45, 7) is -2.19. The first-order chi connectivity index (χ1) is 11.4. The van der Waals surface area contributed by atoms with Gasteiger partial charge in [0, 0.05) is 12.6 Å². The Morgan fingerprint density at radius 1 is 0.565 bits per heavy atom. The Morgan fingerprint density at radius 3 is 1.22 bits per heavy atom. The molecule has 0 bridgehead atoms. The summed E-state index contributed by atoms with van der Waals surface area (Å²) in [6.07, 6.45) is 0. The zero-order valence-corrected chi connectivity index (χ0v) is 13.4. The average molecular weight is 314 g/mol. The summed E-state index contributed by atoms with van der Waals surface area (Å²) in [5.41, 5.74) is 5.85. The molecule has 0 aliphatic heterocycles. The maximum absolute atomic E-state index is 10.9. The topological polar surface area (TPSA) is 17.1 Å². The van der Waals surface area contributed by atoms with Gasteiger partial charge >= 0.3 is 0 Å². The van der Waals surface area contributed by atoms with Gasteiger partial charge < -0.3 is 0 Å². The Balaban J connectivity index is 2.52. The van der Waals surface area contributed by atoms with Gasteiger partial charge in [-0.2, -0.15) is 0 Å². The number of hydrogen-bond donors (Lipinski definition) is 0. The summed E-state index contributed by atoms with van der Waals surface area (Å²) in [5.74, 6) is 1.75. The fraction of sp³-hybridized carbons (Fsp3) is 0. The second-order valence-electron chi connectivity index (χ2n) is 5.02. The number of benzene rings is 3. The van der Waals surface area contributed by atoms with E-state index in [9.17, 15) is 4.79 Å². The van der Waals surface area contributed by atoms with Gasteiger partial charge in [0.15, 0.2) is 5.94 Å². The lowest BCUT2D eigenvalue weighted by Crippen LogP contribution is -2.25. The van der Waals surface area contributed by atoms with Crippen LogP contribution in [-0.4, -0.2) is 11.4 Å². The molecule has 0 heterocycles. The summed E-state index contributed by atoms with van der Waals surface area (Å²) in [4.78, 5) is 10.9. The third-order valence-corrected chi connectivity index (χ3v) is 7.37. The van der Waals surface area contributed by atoms with E-state index in [-0.39, 0.29) is 0 Å². The second-order valence-corrected chi connectivity index (χ2v) is 8.13. The molecule has 0 aromatic heterocycles. The Morgan fingerprint density at radius 2 is 0.913 bits per heavy atom. The van der Waals surface area contributed by atoms with Crippen LogP contribution >= 0.6 is 6.89 Å². The van der Waals surface area contributed by atoms with E-state index >= 15 is 0 Å². The van der Waals surface area contributed by atoms with E-state index in [0.29, 0.717) is 0 Å². The van der Waals surface area contributed by atoms with Gasteiger partial charge in [-0.25, -0.2) is 4.79 Å². The molecule has 2 heteroatoms. The Kier molecular flexibility index (Phi) is 4.60. The highest BCUT2D eigenvalue weighted by Gasteiger charge is 2.24. The second kappa shape index (κ2) is 6.99. The van der Waals surface area contributed by atoms with Crippen molar-refractivity contribution in [2.24, 2.45) is 0 Å². The fourth-order valence-electron chi connectivity index (χ4n) is 2.70. The molecule has 110 valence electrons. The smallest absolute Gasteiger partial charge is 0.185 e. The van der Waals surface area contributed by atoms with Crippen molar-refractivity contribution in [3.63, 3.8) is 0 Å². The van der Waals surface area contributed by atoms with Crippen molar-refractivity contribution in [3.05, 3.63) is 96.7 Å². The minimum atomic E-state index is -2.19. The van der Waals surface area contributed by atoms with Gasteiger partial charge in [0.25, 0.3) is 0 Å². The van der Waals surface area contributed by atoms with Gasteiger partial charge in [-0.15, -0.1) is 0 Å². The SMILES string of the molecule is O=C=C=C=P(c1ccccc1)(c1ccccc1)c1ccccc1.